The number of nitrogens with zero attached hydrogens (tertiary/aromatic N) is 2. The molecule has 0 radical (unpaired) electrons. The first-order chi connectivity index (χ1) is 15.3. The summed E-state index contributed by atoms with van der Waals surface area (Å²) < 4.78 is 67.3. The van der Waals surface area contributed by atoms with Crippen LogP contribution >= 0.6 is 34.5 Å². The van der Waals surface area contributed by atoms with Crippen LogP contribution < -0.4 is 4.72 Å². The van der Waals surface area contributed by atoms with Gasteiger partial charge in [0.2, 0.25) is 5.91 Å². The van der Waals surface area contributed by atoms with E-state index in [4.69, 9.17) is 28.3 Å². The summed E-state index contributed by atoms with van der Waals surface area (Å²) in [5.74, 6) is -2.29. The number of carbonyl (C=O) groups excluding carboxylic acids is 1. The third-order valence-corrected chi connectivity index (χ3v) is 7.20. The summed E-state index contributed by atoms with van der Waals surface area (Å²) in [5, 5.41) is 13.7. The first kappa shape index (κ1) is 25.0. The van der Waals surface area contributed by atoms with Gasteiger partial charge in [-0.3, -0.25) is 9.59 Å². The predicted octanol–water partition coefficient (Wildman–Crippen LogP) is 4.60. The maximum Gasteiger partial charge on any atom is 0.435 e. The molecule has 176 valence electrons. The highest BCUT2D eigenvalue weighted by Gasteiger charge is 2.36. The average Bonchev–Trinajstić information content (AvgIpc) is 3.29. The molecule has 0 aliphatic heterocycles. The van der Waals surface area contributed by atoms with Gasteiger partial charge in [0.05, 0.1) is 27.7 Å². The number of aliphatic carboxylic acids is 1. The van der Waals surface area contributed by atoms with Crippen LogP contribution in [-0.2, 0) is 25.8 Å². The van der Waals surface area contributed by atoms with Gasteiger partial charge in [0.25, 0.3) is 10.0 Å². The maximum absolute atomic E-state index is 13.3. The molecule has 3 aromatic rings. The molecule has 0 saturated heterocycles. The van der Waals surface area contributed by atoms with Crippen LogP contribution in [0.4, 0.5) is 13.2 Å². The van der Waals surface area contributed by atoms with E-state index in [1.54, 1.807) is 4.72 Å². The van der Waals surface area contributed by atoms with Crippen molar-refractivity contribution >= 4 is 56.4 Å². The topological polar surface area (TPSA) is 118 Å². The monoisotopic (exact) mass is 541 g/mol. The number of hydrogen-bond acceptors (Lipinski definition) is 6. The van der Waals surface area contributed by atoms with Crippen LogP contribution in [0.1, 0.15) is 18.5 Å². The van der Waals surface area contributed by atoms with E-state index in [1.807, 2.05) is 0 Å². The summed E-state index contributed by atoms with van der Waals surface area (Å²) in [7, 11) is -4.33. The van der Waals surface area contributed by atoms with Crippen molar-refractivity contribution in [2.45, 2.75) is 23.9 Å². The third-order valence-electron chi connectivity index (χ3n) is 4.16. The molecule has 0 saturated carbocycles. The van der Waals surface area contributed by atoms with Crippen LogP contribution in [0.15, 0.2) is 40.6 Å². The molecule has 0 aliphatic carbocycles. The van der Waals surface area contributed by atoms with Crippen LogP contribution in [0.3, 0.4) is 0 Å². The lowest BCUT2D eigenvalue weighted by atomic mass is 10.2. The number of carboxylic acid groups (broad SMARTS) is 1. The van der Waals surface area contributed by atoms with E-state index in [1.165, 1.54) is 17.5 Å². The number of aromatic nitrogens is 2. The van der Waals surface area contributed by atoms with E-state index in [-0.39, 0.29) is 31.2 Å². The van der Waals surface area contributed by atoms with Gasteiger partial charge in [0, 0.05) is 17.4 Å². The lowest BCUT2D eigenvalue weighted by Gasteiger charge is -2.10. The fourth-order valence-corrected chi connectivity index (χ4v) is 5.11. The van der Waals surface area contributed by atoms with Crippen LogP contribution in [0.5, 0.6) is 0 Å². The molecule has 33 heavy (non-hydrogen) atoms. The van der Waals surface area contributed by atoms with E-state index in [2.05, 4.69) is 5.10 Å². The number of rotatable bonds is 7. The van der Waals surface area contributed by atoms with Crippen LogP contribution in [0, 0.1) is 0 Å². The highest BCUT2D eigenvalue weighted by atomic mass is 35.5. The molecule has 1 amide bonds. The van der Waals surface area contributed by atoms with Crippen molar-refractivity contribution < 1.29 is 36.3 Å². The number of carbonyl (C=O) groups is 2. The van der Waals surface area contributed by atoms with E-state index in [0.29, 0.717) is 0 Å². The van der Waals surface area contributed by atoms with E-state index in [0.717, 1.165) is 34.2 Å². The summed E-state index contributed by atoms with van der Waals surface area (Å²) >= 11 is 13.2. The lowest BCUT2D eigenvalue weighted by molar-refractivity contribution is -0.141. The summed E-state index contributed by atoms with van der Waals surface area (Å²) in [5.41, 5.74) is -1.07. The Bertz CT molecular complexity index is 1300. The first-order valence-electron chi connectivity index (χ1n) is 8.77. The number of amides is 1. The Kier molecular flexibility index (Phi) is 7.07. The van der Waals surface area contributed by atoms with Crippen molar-refractivity contribution in [2.75, 3.05) is 0 Å². The molecule has 0 unspecified atom stereocenters. The second-order valence-corrected chi connectivity index (χ2v) is 10.0. The number of thiophene rings is 1. The second-order valence-electron chi connectivity index (χ2n) is 6.47. The van der Waals surface area contributed by atoms with E-state index >= 15 is 0 Å². The fraction of sp³-hybridized carbons (Fsp3) is 0.167. The lowest BCUT2D eigenvalue weighted by Crippen LogP contribution is -2.30. The van der Waals surface area contributed by atoms with Crippen LogP contribution in [0.25, 0.3) is 16.9 Å². The van der Waals surface area contributed by atoms with Gasteiger partial charge < -0.3 is 5.11 Å². The molecular formula is C18H12Cl2F3N3O5S2. The second kappa shape index (κ2) is 9.33. The fourth-order valence-electron chi connectivity index (χ4n) is 2.68. The van der Waals surface area contributed by atoms with Gasteiger partial charge in [-0.1, -0.05) is 23.2 Å². The standard InChI is InChI=1S/C18H12Cl2F3N3O5S2/c19-11-8-32-17(20)16(11)12-7-13(18(21,22)23)24-26(12)9-1-3-10(4-2-9)33(30,31)25-14(27)5-6-15(28)29/h1-4,7-8H,5-6H2,(H,25,27)(H,28,29). The minimum Gasteiger partial charge on any atom is -0.481 e. The van der Waals surface area contributed by atoms with Gasteiger partial charge in [0.1, 0.15) is 4.34 Å². The molecule has 0 fully saturated rings. The molecule has 0 aliphatic rings. The molecule has 0 bridgehead atoms. The number of nitrogens with one attached hydrogen (secondary N) is 1. The normalized spacial score (nSPS) is 12.0. The highest BCUT2D eigenvalue weighted by molar-refractivity contribution is 7.90. The minimum absolute atomic E-state index is 0.0591. The molecule has 8 nitrogen and oxygen atoms in total. The van der Waals surface area contributed by atoms with Crippen molar-refractivity contribution in [1.29, 1.82) is 0 Å². The van der Waals surface area contributed by atoms with Crippen molar-refractivity contribution in [1.82, 2.24) is 14.5 Å². The minimum atomic E-state index is -4.77. The molecule has 0 spiro atoms. The van der Waals surface area contributed by atoms with Crippen molar-refractivity contribution in [2.24, 2.45) is 0 Å². The molecule has 3 rings (SSSR count). The molecule has 1 aromatic carbocycles. The Labute approximate surface area is 198 Å². The Morgan fingerprint density at radius 2 is 1.79 bits per heavy atom. The maximum atomic E-state index is 13.3. The zero-order valence-corrected chi connectivity index (χ0v) is 19.2. The molecule has 2 heterocycles. The zero-order chi connectivity index (χ0) is 24.6. The number of carboxylic acids is 1. The molecule has 2 N–H and O–H groups in total. The molecule has 0 atom stereocenters. The highest BCUT2D eigenvalue weighted by Crippen LogP contribution is 2.42. The Morgan fingerprint density at radius 1 is 1.15 bits per heavy atom. The summed E-state index contributed by atoms with van der Waals surface area (Å²) in [6.45, 7) is 0. The Morgan fingerprint density at radius 3 is 2.30 bits per heavy atom. The van der Waals surface area contributed by atoms with Gasteiger partial charge in [-0.25, -0.2) is 17.8 Å². The van der Waals surface area contributed by atoms with Crippen molar-refractivity contribution in [3.8, 4) is 16.9 Å². The van der Waals surface area contributed by atoms with Gasteiger partial charge in [-0.05, 0) is 30.3 Å². The van der Waals surface area contributed by atoms with Gasteiger partial charge in [-0.15, -0.1) is 11.3 Å². The van der Waals surface area contributed by atoms with Crippen LogP contribution in [0.2, 0.25) is 9.36 Å². The molecule has 2 aromatic heterocycles. The number of hydrogen-bond donors (Lipinski definition) is 2. The molecular weight excluding hydrogens is 530 g/mol. The van der Waals surface area contributed by atoms with Crippen molar-refractivity contribution in [3.05, 3.63) is 50.8 Å². The van der Waals surface area contributed by atoms with Gasteiger partial charge >= 0.3 is 12.1 Å². The zero-order valence-electron chi connectivity index (χ0n) is 16.1. The van der Waals surface area contributed by atoms with Crippen molar-refractivity contribution in [3.63, 3.8) is 0 Å². The number of halogens is 5. The van der Waals surface area contributed by atoms with E-state index < -0.39 is 46.6 Å². The number of alkyl halides is 3. The van der Waals surface area contributed by atoms with Gasteiger partial charge in [0.15, 0.2) is 5.69 Å². The summed E-state index contributed by atoms with van der Waals surface area (Å²) in [6, 6.07) is 5.24. The quantitative estimate of drug-likeness (QED) is 0.451. The smallest absolute Gasteiger partial charge is 0.435 e. The average molecular weight is 542 g/mol. The molecule has 15 heteroatoms. The summed E-state index contributed by atoms with van der Waals surface area (Å²) in [6.07, 6.45) is -5.87. The predicted molar refractivity (Wildman–Crippen MR) is 114 cm³/mol. The third kappa shape index (κ3) is 5.66. The SMILES string of the molecule is O=C(O)CCC(=O)NS(=O)(=O)c1ccc(-n2nc(C(F)(F)F)cc2-c2c(Cl)csc2Cl)cc1. The van der Waals surface area contributed by atoms with Crippen LogP contribution in [-0.4, -0.2) is 35.2 Å². The summed E-state index contributed by atoms with van der Waals surface area (Å²) in [4.78, 5) is 21.8. The van der Waals surface area contributed by atoms with E-state index in [9.17, 15) is 31.2 Å². The first-order valence-corrected chi connectivity index (χ1v) is 11.9. The Hall–Kier alpha value is -2.61. The number of benzene rings is 1. The largest absolute Gasteiger partial charge is 0.481 e. The van der Waals surface area contributed by atoms with Gasteiger partial charge in [-0.2, -0.15) is 18.3 Å². The Balaban J connectivity index is 1.97. The number of sulfonamides is 1.